The molecule has 3 rings (SSSR count). The van der Waals surface area contributed by atoms with Gasteiger partial charge in [-0.3, -0.25) is 5.43 Å². The van der Waals surface area contributed by atoms with E-state index in [1.54, 1.807) is 55.8 Å². The molecule has 32 heavy (non-hydrogen) atoms. The van der Waals surface area contributed by atoms with Gasteiger partial charge in [-0.2, -0.15) is 5.10 Å². The molecule has 0 atom stereocenters. The van der Waals surface area contributed by atoms with Gasteiger partial charge in [-0.05, 0) is 79.3 Å². The van der Waals surface area contributed by atoms with Crippen molar-refractivity contribution in [3.8, 4) is 17.2 Å². The van der Waals surface area contributed by atoms with Crippen molar-refractivity contribution >= 4 is 35.2 Å². The number of nitrogens with one attached hydrogen (secondary N) is 2. The third kappa shape index (κ3) is 6.55. The Kier molecular flexibility index (Phi) is 8.16. The summed E-state index contributed by atoms with van der Waals surface area (Å²) in [4.78, 5) is 12.5. The number of benzene rings is 3. The van der Waals surface area contributed by atoms with Crippen LogP contribution in [0.1, 0.15) is 22.8 Å². The van der Waals surface area contributed by atoms with Gasteiger partial charge in [0.2, 0.25) is 0 Å². The fourth-order valence-corrected chi connectivity index (χ4v) is 2.86. The van der Waals surface area contributed by atoms with Gasteiger partial charge in [-0.1, -0.05) is 18.2 Å². The van der Waals surface area contributed by atoms with Gasteiger partial charge in [0.25, 0.3) is 0 Å². The first kappa shape index (κ1) is 22.8. The SMILES string of the molecule is CCOc1cc(C=NNC(=S)Nc2ccccc2)ccc1OC(=O)c1ccc(OC)cc1. The van der Waals surface area contributed by atoms with E-state index in [4.69, 9.17) is 26.4 Å². The molecular weight excluding hydrogens is 426 g/mol. The Morgan fingerprint density at radius 2 is 1.78 bits per heavy atom. The van der Waals surface area contributed by atoms with Crippen molar-refractivity contribution in [3.63, 3.8) is 0 Å². The molecule has 3 aromatic carbocycles. The van der Waals surface area contributed by atoms with Gasteiger partial charge < -0.3 is 19.5 Å². The minimum atomic E-state index is -0.492. The maximum absolute atomic E-state index is 12.5. The predicted molar refractivity (Wildman–Crippen MR) is 129 cm³/mol. The molecule has 164 valence electrons. The van der Waals surface area contributed by atoms with Gasteiger partial charge in [0, 0.05) is 5.69 Å². The Morgan fingerprint density at radius 3 is 2.47 bits per heavy atom. The maximum Gasteiger partial charge on any atom is 0.343 e. The first-order valence-electron chi connectivity index (χ1n) is 9.87. The number of carbonyl (C=O) groups excluding carboxylic acids is 1. The summed E-state index contributed by atoms with van der Waals surface area (Å²) in [6.07, 6.45) is 1.59. The molecule has 0 aliphatic carbocycles. The molecule has 0 saturated carbocycles. The van der Waals surface area contributed by atoms with Crippen LogP contribution < -0.4 is 25.0 Å². The van der Waals surface area contributed by atoms with Gasteiger partial charge >= 0.3 is 5.97 Å². The Balaban J connectivity index is 1.64. The van der Waals surface area contributed by atoms with Crippen molar-refractivity contribution in [1.29, 1.82) is 0 Å². The van der Waals surface area contributed by atoms with Crippen molar-refractivity contribution in [3.05, 3.63) is 83.9 Å². The molecule has 8 heteroatoms. The third-order valence-corrected chi connectivity index (χ3v) is 4.40. The predicted octanol–water partition coefficient (Wildman–Crippen LogP) is 4.63. The van der Waals surface area contributed by atoms with Crippen LogP contribution in [0, 0.1) is 0 Å². The zero-order valence-electron chi connectivity index (χ0n) is 17.7. The number of hydrazone groups is 1. The molecule has 3 aromatic rings. The molecule has 0 heterocycles. The molecule has 0 saturated heterocycles. The van der Waals surface area contributed by atoms with Crippen LogP contribution in [-0.4, -0.2) is 31.0 Å². The number of hydrogen-bond donors (Lipinski definition) is 2. The summed E-state index contributed by atoms with van der Waals surface area (Å²) in [5, 5.41) is 7.53. The van der Waals surface area contributed by atoms with E-state index in [2.05, 4.69) is 15.8 Å². The van der Waals surface area contributed by atoms with Crippen LogP contribution in [0.3, 0.4) is 0 Å². The van der Waals surface area contributed by atoms with Crippen molar-refractivity contribution in [1.82, 2.24) is 5.43 Å². The van der Waals surface area contributed by atoms with E-state index in [0.29, 0.717) is 34.5 Å². The highest BCUT2D eigenvalue weighted by Crippen LogP contribution is 2.29. The number of thiocarbonyl (C=S) groups is 1. The Bertz CT molecular complexity index is 1090. The van der Waals surface area contributed by atoms with Crippen LogP contribution in [0.5, 0.6) is 17.2 Å². The van der Waals surface area contributed by atoms with Crippen molar-refractivity contribution < 1.29 is 19.0 Å². The van der Waals surface area contributed by atoms with E-state index in [-0.39, 0.29) is 0 Å². The summed E-state index contributed by atoms with van der Waals surface area (Å²) < 4.78 is 16.3. The molecule has 2 N–H and O–H groups in total. The number of rotatable bonds is 8. The lowest BCUT2D eigenvalue weighted by Crippen LogP contribution is -2.23. The Hall–Kier alpha value is -3.91. The first-order chi connectivity index (χ1) is 15.6. The third-order valence-electron chi connectivity index (χ3n) is 4.21. The fourth-order valence-electron chi connectivity index (χ4n) is 2.69. The summed E-state index contributed by atoms with van der Waals surface area (Å²) in [7, 11) is 1.56. The van der Waals surface area contributed by atoms with Gasteiger partial charge in [-0.15, -0.1) is 0 Å². The summed E-state index contributed by atoms with van der Waals surface area (Å²) in [6.45, 7) is 2.27. The minimum Gasteiger partial charge on any atom is -0.497 e. The van der Waals surface area contributed by atoms with Gasteiger partial charge in [-0.25, -0.2) is 4.79 Å². The van der Waals surface area contributed by atoms with Crippen LogP contribution >= 0.6 is 12.2 Å². The second kappa shape index (κ2) is 11.5. The van der Waals surface area contributed by atoms with E-state index in [9.17, 15) is 4.79 Å². The van der Waals surface area contributed by atoms with Crippen molar-refractivity contribution in [2.24, 2.45) is 5.10 Å². The largest absolute Gasteiger partial charge is 0.497 e. The highest BCUT2D eigenvalue weighted by Gasteiger charge is 2.13. The number of carbonyl (C=O) groups is 1. The second-order valence-corrected chi connectivity index (χ2v) is 6.86. The van der Waals surface area contributed by atoms with Crippen molar-refractivity contribution in [2.75, 3.05) is 19.0 Å². The highest BCUT2D eigenvalue weighted by atomic mass is 32.1. The fraction of sp³-hybridized carbons (Fsp3) is 0.125. The lowest BCUT2D eigenvalue weighted by atomic mass is 10.2. The monoisotopic (exact) mass is 449 g/mol. The number of anilines is 1. The topological polar surface area (TPSA) is 81.2 Å². The van der Waals surface area contributed by atoms with Gasteiger partial charge in [0.15, 0.2) is 16.6 Å². The van der Waals surface area contributed by atoms with Crippen LogP contribution in [-0.2, 0) is 0 Å². The minimum absolute atomic E-state index is 0.319. The number of hydrogen-bond acceptors (Lipinski definition) is 6. The molecule has 7 nitrogen and oxygen atoms in total. The van der Waals surface area contributed by atoms with Gasteiger partial charge in [0.05, 0.1) is 25.5 Å². The van der Waals surface area contributed by atoms with E-state index >= 15 is 0 Å². The summed E-state index contributed by atoms with van der Waals surface area (Å²) >= 11 is 5.22. The van der Waals surface area contributed by atoms with E-state index in [1.165, 1.54) is 0 Å². The van der Waals surface area contributed by atoms with Crippen LogP contribution in [0.4, 0.5) is 5.69 Å². The zero-order chi connectivity index (χ0) is 22.8. The number of ether oxygens (including phenoxy) is 3. The summed E-state index contributed by atoms with van der Waals surface area (Å²) in [5.74, 6) is 0.920. The molecular formula is C24H23N3O4S. The quantitative estimate of drug-likeness (QED) is 0.171. The van der Waals surface area contributed by atoms with E-state index < -0.39 is 5.97 Å². The average Bonchev–Trinajstić information content (AvgIpc) is 2.81. The molecule has 0 bridgehead atoms. The van der Waals surface area contributed by atoms with E-state index in [0.717, 1.165) is 11.3 Å². The molecule has 0 spiro atoms. The number of esters is 1. The molecule has 0 aliphatic heterocycles. The molecule has 0 aromatic heterocycles. The zero-order valence-corrected chi connectivity index (χ0v) is 18.5. The first-order valence-corrected chi connectivity index (χ1v) is 10.3. The number of para-hydroxylation sites is 1. The van der Waals surface area contributed by atoms with Crippen LogP contribution in [0.2, 0.25) is 0 Å². The molecule has 0 fully saturated rings. The van der Waals surface area contributed by atoms with Gasteiger partial charge in [0.1, 0.15) is 5.75 Å². The number of nitrogens with zero attached hydrogens (tertiary/aromatic N) is 1. The highest BCUT2D eigenvalue weighted by molar-refractivity contribution is 7.80. The van der Waals surface area contributed by atoms with Crippen molar-refractivity contribution in [2.45, 2.75) is 6.92 Å². The smallest absolute Gasteiger partial charge is 0.343 e. The number of methoxy groups -OCH3 is 1. The molecule has 0 amide bonds. The Morgan fingerprint density at radius 1 is 1.03 bits per heavy atom. The van der Waals surface area contributed by atoms with Crippen LogP contribution in [0.25, 0.3) is 0 Å². The maximum atomic E-state index is 12.5. The summed E-state index contributed by atoms with van der Waals surface area (Å²) in [6, 6.07) is 21.4. The normalized spacial score (nSPS) is 10.4. The molecule has 0 aliphatic rings. The standard InChI is InChI=1S/C24H23N3O4S/c1-3-30-22-15-17(16-25-27-24(32)26-19-7-5-4-6-8-19)9-14-21(22)31-23(28)18-10-12-20(29-2)13-11-18/h4-16H,3H2,1-2H3,(H2,26,27,32). The second-order valence-electron chi connectivity index (χ2n) is 6.45. The molecule has 0 unspecified atom stereocenters. The molecule has 0 radical (unpaired) electrons. The average molecular weight is 450 g/mol. The lowest BCUT2D eigenvalue weighted by Gasteiger charge is -2.11. The van der Waals surface area contributed by atoms with Crippen LogP contribution in [0.15, 0.2) is 77.9 Å². The summed E-state index contributed by atoms with van der Waals surface area (Å²) in [5.41, 5.74) is 4.77. The Labute approximate surface area is 192 Å². The lowest BCUT2D eigenvalue weighted by molar-refractivity contribution is 0.0728. The van der Waals surface area contributed by atoms with E-state index in [1.807, 2.05) is 37.3 Å².